The molecule has 0 fully saturated rings. The van der Waals surface area contributed by atoms with Gasteiger partial charge >= 0.3 is 0 Å². The van der Waals surface area contributed by atoms with Crippen LogP contribution in [-0.4, -0.2) is 11.8 Å². The van der Waals surface area contributed by atoms with Crippen molar-refractivity contribution in [2.45, 2.75) is 18.2 Å². The molecular formula is C24H18Cl2N2O2S. The summed E-state index contributed by atoms with van der Waals surface area (Å²) in [5.74, 6) is -0.900. The van der Waals surface area contributed by atoms with E-state index in [9.17, 15) is 9.59 Å². The Morgan fingerprint density at radius 3 is 2.26 bits per heavy atom. The van der Waals surface area contributed by atoms with Crippen LogP contribution < -0.4 is 10.2 Å². The number of amides is 2. The van der Waals surface area contributed by atoms with Crippen LogP contribution >= 0.6 is 35.0 Å². The molecule has 31 heavy (non-hydrogen) atoms. The number of carbonyl (C=O) groups excluding carboxylic acids is 2. The first-order valence-electron chi connectivity index (χ1n) is 9.65. The first-order valence-corrected chi connectivity index (χ1v) is 11.2. The number of hydrogen-bond donors (Lipinski definition) is 1. The van der Waals surface area contributed by atoms with Crippen LogP contribution in [0, 0.1) is 0 Å². The van der Waals surface area contributed by atoms with E-state index in [1.165, 1.54) is 23.4 Å². The number of nitrogens with one attached hydrogen (secondary N) is 1. The molecule has 0 aromatic heterocycles. The maximum Gasteiger partial charge on any atom is 0.283 e. The van der Waals surface area contributed by atoms with E-state index >= 15 is 0 Å². The number of nitrogens with zero attached hydrogens (tertiary/aromatic N) is 1. The number of anilines is 2. The third kappa shape index (κ3) is 4.49. The maximum absolute atomic E-state index is 13.4. The number of hydrogen-bond acceptors (Lipinski definition) is 4. The molecule has 7 heteroatoms. The lowest BCUT2D eigenvalue weighted by molar-refractivity contribution is -0.120. The van der Waals surface area contributed by atoms with Crippen LogP contribution in [0.25, 0.3) is 0 Å². The van der Waals surface area contributed by atoms with Crippen molar-refractivity contribution >= 4 is 58.2 Å². The zero-order chi connectivity index (χ0) is 22.0. The van der Waals surface area contributed by atoms with Crippen molar-refractivity contribution in [3.63, 3.8) is 0 Å². The number of imide groups is 1. The zero-order valence-corrected chi connectivity index (χ0v) is 18.9. The van der Waals surface area contributed by atoms with Gasteiger partial charge in [0.05, 0.1) is 10.7 Å². The van der Waals surface area contributed by atoms with Gasteiger partial charge in [-0.25, -0.2) is 4.90 Å². The Morgan fingerprint density at radius 2 is 1.61 bits per heavy atom. The van der Waals surface area contributed by atoms with Crippen LogP contribution in [0.5, 0.6) is 0 Å². The molecule has 0 saturated heterocycles. The molecule has 0 saturated carbocycles. The highest BCUT2D eigenvalue weighted by molar-refractivity contribution is 8.04. The summed E-state index contributed by atoms with van der Waals surface area (Å²) in [5.41, 5.74) is 2.42. The zero-order valence-electron chi connectivity index (χ0n) is 16.6. The lowest BCUT2D eigenvalue weighted by atomic mass is 10.1. The van der Waals surface area contributed by atoms with E-state index in [2.05, 4.69) is 12.2 Å². The summed E-state index contributed by atoms with van der Waals surface area (Å²) in [6.45, 7) is 2.08. The molecule has 1 aliphatic rings. The summed E-state index contributed by atoms with van der Waals surface area (Å²) < 4.78 is 0. The molecule has 3 aromatic rings. The second kappa shape index (κ2) is 9.18. The second-order valence-electron chi connectivity index (χ2n) is 6.84. The summed E-state index contributed by atoms with van der Waals surface area (Å²) in [5, 5.41) is 3.80. The number of halogens is 2. The van der Waals surface area contributed by atoms with E-state index in [1.807, 2.05) is 54.6 Å². The Labute approximate surface area is 194 Å². The Kier molecular flexibility index (Phi) is 6.37. The molecule has 0 spiro atoms. The largest absolute Gasteiger partial charge is 0.350 e. The molecule has 0 atom stereocenters. The van der Waals surface area contributed by atoms with Gasteiger partial charge in [0.1, 0.15) is 10.6 Å². The summed E-state index contributed by atoms with van der Waals surface area (Å²) in [6, 6.07) is 21.9. The minimum absolute atomic E-state index is 0.217. The first-order chi connectivity index (χ1) is 15.0. The van der Waals surface area contributed by atoms with Crippen molar-refractivity contribution < 1.29 is 9.59 Å². The van der Waals surface area contributed by atoms with Gasteiger partial charge in [0.2, 0.25) is 0 Å². The van der Waals surface area contributed by atoms with Crippen LogP contribution in [0.1, 0.15) is 12.5 Å². The quantitative estimate of drug-likeness (QED) is 0.416. The molecule has 0 bridgehead atoms. The van der Waals surface area contributed by atoms with Crippen LogP contribution in [0.3, 0.4) is 0 Å². The number of benzene rings is 3. The first kappa shape index (κ1) is 21.5. The number of thioether (sulfide) groups is 1. The van der Waals surface area contributed by atoms with Crippen molar-refractivity contribution in [3.8, 4) is 0 Å². The van der Waals surface area contributed by atoms with Crippen LogP contribution in [0.2, 0.25) is 10.0 Å². The summed E-state index contributed by atoms with van der Waals surface area (Å²) in [6.07, 6.45) is 0.915. The predicted octanol–water partition coefficient (Wildman–Crippen LogP) is 6.55. The van der Waals surface area contributed by atoms with E-state index in [4.69, 9.17) is 23.2 Å². The van der Waals surface area contributed by atoms with Crippen molar-refractivity contribution in [1.82, 2.24) is 0 Å². The molecule has 1 heterocycles. The van der Waals surface area contributed by atoms with Gasteiger partial charge in [-0.05, 0) is 54.4 Å². The highest BCUT2D eigenvalue weighted by Gasteiger charge is 2.41. The Hall–Kier alpha value is -2.73. The van der Waals surface area contributed by atoms with Crippen molar-refractivity contribution in [2.75, 3.05) is 10.2 Å². The fraction of sp³-hybridized carbons (Fsp3) is 0.0833. The van der Waals surface area contributed by atoms with Gasteiger partial charge in [-0.15, -0.1) is 0 Å². The Morgan fingerprint density at radius 1 is 0.903 bits per heavy atom. The number of rotatable bonds is 6. The van der Waals surface area contributed by atoms with Gasteiger partial charge < -0.3 is 5.32 Å². The second-order valence-corrected chi connectivity index (χ2v) is 8.76. The van der Waals surface area contributed by atoms with E-state index in [-0.39, 0.29) is 10.7 Å². The molecule has 1 aliphatic heterocycles. The smallest absolute Gasteiger partial charge is 0.283 e. The Bertz CT molecular complexity index is 1180. The van der Waals surface area contributed by atoms with Crippen LogP contribution in [0.15, 0.2) is 88.3 Å². The third-order valence-corrected chi connectivity index (χ3v) is 6.42. The molecule has 0 aliphatic carbocycles. The topological polar surface area (TPSA) is 49.4 Å². The molecule has 2 amide bonds. The SMILES string of the molecule is CCc1ccc(NC2=C(Sc3ccccc3)C(=O)N(c3ccc(Cl)cc3Cl)C2=O)cc1. The molecule has 4 nitrogen and oxygen atoms in total. The average molecular weight is 469 g/mol. The molecule has 3 aromatic carbocycles. The lowest BCUT2D eigenvalue weighted by Crippen LogP contribution is -2.32. The van der Waals surface area contributed by atoms with Gasteiger partial charge in [0.15, 0.2) is 0 Å². The molecule has 1 N–H and O–H groups in total. The summed E-state index contributed by atoms with van der Waals surface area (Å²) >= 11 is 13.5. The van der Waals surface area contributed by atoms with Gasteiger partial charge in [0.25, 0.3) is 11.8 Å². The van der Waals surface area contributed by atoms with Crippen molar-refractivity contribution in [3.05, 3.63) is 99.0 Å². The lowest BCUT2D eigenvalue weighted by Gasteiger charge is -2.17. The summed E-state index contributed by atoms with van der Waals surface area (Å²) in [7, 11) is 0. The number of carbonyl (C=O) groups is 2. The van der Waals surface area contributed by atoms with Crippen molar-refractivity contribution in [2.24, 2.45) is 0 Å². The van der Waals surface area contributed by atoms with E-state index in [0.29, 0.717) is 15.6 Å². The van der Waals surface area contributed by atoms with E-state index < -0.39 is 11.8 Å². The monoisotopic (exact) mass is 468 g/mol. The molecule has 0 radical (unpaired) electrons. The fourth-order valence-corrected chi connectivity index (χ4v) is 4.61. The van der Waals surface area contributed by atoms with Gasteiger partial charge in [-0.2, -0.15) is 0 Å². The standard InChI is InChI=1S/C24H18Cl2N2O2S/c1-2-15-8-11-17(12-9-15)27-21-22(31-18-6-4-3-5-7-18)24(30)28(23(21)29)20-13-10-16(25)14-19(20)26/h3-14,27H,2H2,1H3. The normalized spacial score (nSPS) is 13.8. The molecule has 0 unspecified atom stereocenters. The summed E-state index contributed by atoms with van der Waals surface area (Å²) in [4.78, 5) is 29.0. The van der Waals surface area contributed by atoms with Crippen LogP contribution in [0.4, 0.5) is 11.4 Å². The highest BCUT2D eigenvalue weighted by atomic mass is 35.5. The fourth-order valence-electron chi connectivity index (χ4n) is 3.17. The highest BCUT2D eigenvalue weighted by Crippen LogP contribution is 2.40. The number of aryl methyl sites for hydroxylation is 1. The van der Waals surface area contributed by atoms with E-state index in [0.717, 1.165) is 21.9 Å². The Balaban J connectivity index is 1.74. The molecular weight excluding hydrogens is 451 g/mol. The van der Waals surface area contributed by atoms with Gasteiger partial charge in [0, 0.05) is 15.6 Å². The van der Waals surface area contributed by atoms with Gasteiger partial charge in [-0.3, -0.25) is 9.59 Å². The predicted molar refractivity (Wildman–Crippen MR) is 128 cm³/mol. The third-order valence-electron chi connectivity index (χ3n) is 4.79. The molecule has 156 valence electrons. The minimum Gasteiger partial charge on any atom is -0.350 e. The van der Waals surface area contributed by atoms with E-state index in [1.54, 1.807) is 12.1 Å². The minimum atomic E-state index is -0.466. The molecule has 4 rings (SSSR count). The van der Waals surface area contributed by atoms with Crippen molar-refractivity contribution in [1.29, 1.82) is 0 Å². The van der Waals surface area contributed by atoms with Gasteiger partial charge in [-0.1, -0.05) is 72.2 Å². The van der Waals surface area contributed by atoms with Crippen LogP contribution in [-0.2, 0) is 16.0 Å². The average Bonchev–Trinajstić information content (AvgIpc) is 2.99. The maximum atomic E-state index is 13.4.